The lowest BCUT2D eigenvalue weighted by Crippen LogP contribution is -2.29. The predicted molar refractivity (Wildman–Crippen MR) is 85.6 cm³/mol. The van der Waals surface area contributed by atoms with Gasteiger partial charge >= 0.3 is 0 Å². The van der Waals surface area contributed by atoms with Crippen LogP contribution in [-0.4, -0.2) is 19.7 Å². The molecule has 0 spiro atoms. The summed E-state index contributed by atoms with van der Waals surface area (Å²) >= 11 is 0. The van der Waals surface area contributed by atoms with Crippen molar-refractivity contribution in [2.75, 3.05) is 13.7 Å². The molecule has 2 atom stereocenters. The molecule has 112 valence electrons. The molecular formula is C18H29NO. The van der Waals surface area contributed by atoms with Crippen LogP contribution in [0.2, 0.25) is 0 Å². The normalized spacial score (nSPS) is 22.4. The van der Waals surface area contributed by atoms with E-state index in [4.69, 9.17) is 4.74 Å². The molecular weight excluding hydrogens is 246 g/mol. The minimum atomic E-state index is 0.582. The Bertz CT molecular complexity index is 427. The number of ether oxygens (including phenoxy) is 1. The molecule has 0 amide bonds. The van der Waals surface area contributed by atoms with Crippen LogP contribution in [0.1, 0.15) is 56.6 Å². The van der Waals surface area contributed by atoms with Crippen molar-refractivity contribution in [1.82, 2.24) is 5.32 Å². The van der Waals surface area contributed by atoms with Crippen LogP contribution in [0, 0.1) is 12.8 Å². The number of hydrogen-bond acceptors (Lipinski definition) is 2. The molecule has 0 heterocycles. The molecule has 2 nitrogen and oxygen atoms in total. The Labute approximate surface area is 123 Å². The van der Waals surface area contributed by atoms with Gasteiger partial charge in [-0.1, -0.05) is 26.3 Å². The molecule has 0 aliphatic heterocycles. The summed E-state index contributed by atoms with van der Waals surface area (Å²) in [7, 11) is 2.08. The minimum Gasteiger partial charge on any atom is -0.494 e. The van der Waals surface area contributed by atoms with Crippen LogP contribution >= 0.6 is 0 Å². The molecule has 2 unspecified atom stereocenters. The number of rotatable bonds is 6. The van der Waals surface area contributed by atoms with Gasteiger partial charge in [-0.15, -0.1) is 0 Å². The highest BCUT2D eigenvalue weighted by Gasteiger charge is 2.25. The average molecular weight is 275 g/mol. The maximum Gasteiger partial charge on any atom is 0.119 e. The summed E-state index contributed by atoms with van der Waals surface area (Å²) in [5.74, 6) is 2.39. The Kier molecular flexibility index (Phi) is 5.47. The standard InChI is InChI=1S/C18H29NO/c1-13(2)17-9-8-16(12-14(17)3)20-11-10-15-6-5-7-18(15)19-4/h8-9,12-13,15,18-19H,5-7,10-11H2,1-4H3. The van der Waals surface area contributed by atoms with E-state index in [0.717, 1.165) is 24.7 Å². The summed E-state index contributed by atoms with van der Waals surface area (Å²) < 4.78 is 5.95. The second kappa shape index (κ2) is 7.12. The maximum absolute atomic E-state index is 5.95. The molecule has 1 aromatic carbocycles. The molecule has 0 saturated heterocycles. The van der Waals surface area contributed by atoms with Crippen molar-refractivity contribution in [3.8, 4) is 5.75 Å². The van der Waals surface area contributed by atoms with Gasteiger partial charge in [-0.05, 0) is 68.3 Å². The summed E-state index contributed by atoms with van der Waals surface area (Å²) in [6.07, 6.45) is 5.19. The summed E-state index contributed by atoms with van der Waals surface area (Å²) in [6, 6.07) is 7.21. The fourth-order valence-corrected chi connectivity index (χ4v) is 3.48. The number of aryl methyl sites for hydroxylation is 1. The molecule has 1 aromatic rings. The van der Waals surface area contributed by atoms with Crippen molar-refractivity contribution in [3.63, 3.8) is 0 Å². The van der Waals surface area contributed by atoms with Crippen LogP contribution in [0.4, 0.5) is 0 Å². The van der Waals surface area contributed by atoms with E-state index in [1.165, 1.54) is 30.4 Å². The predicted octanol–water partition coefficient (Wildman–Crippen LogP) is 4.28. The van der Waals surface area contributed by atoms with Crippen molar-refractivity contribution in [2.24, 2.45) is 5.92 Å². The minimum absolute atomic E-state index is 0.582. The smallest absolute Gasteiger partial charge is 0.119 e. The van der Waals surface area contributed by atoms with Gasteiger partial charge in [0.25, 0.3) is 0 Å². The van der Waals surface area contributed by atoms with E-state index < -0.39 is 0 Å². The first-order chi connectivity index (χ1) is 9.61. The van der Waals surface area contributed by atoms with Gasteiger partial charge in [0.1, 0.15) is 5.75 Å². The summed E-state index contributed by atoms with van der Waals surface area (Å²) in [5.41, 5.74) is 2.76. The lowest BCUT2D eigenvalue weighted by atomic mass is 9.98. The summed E-state index contributed by atoms with van der Waals surface area (Å²) in [5, 5.41) is 3.44. The molecule has 20 heavy (non-hydrogen) atoms. The fraction of sp³-hybridized carbons (Fsp3) is 0.667. The highest BCUT2D eigenvalue weighted by Crippen LogP contribution is 2.29. The summed E-state index contributed by atoms with van der Waals surface area (Å²) in [6.45, 7) is 7.49. The third-order valence-electron chi connectivity index (χ3n) is 4.65. The first-order valence-electron chi connectivity index (χ1n) is 8.02. The van der Waals surface area contributed by atoms with Crippen LogP contribution in [0.15, 0.2) is 18.2 Å². The lowest BCUT2D eigenvalue weighted by Gasteiger charge is -2.19. The zero-order valence-corrected chi connectivity index (χ0v) is 13.4. The van der Waals surface area contributed by atoms with Crippen molar-refractivity contribution in [3.05, 3.63) is 29.3 Å². The van der Waals surface area contributed by atoms with Gasteiger partial charge in [0.15, 0.2) is 0 Å². The van der Waals surface area contributed by atoms with Crippen molar-refractivity contribution in [1.29, 1.82) is 0 Å². The lowest BCUT2D eigenvalue weighted by molar-refractivity contribution is 0.263. The Morgan fingerprint density at radius 3 is 2.75 bits per heavy atom. The number of benzene rings is 1. The first-order valence-corrected chi connectivity index (χ1v) is 8.02. The molecule has 1 aliphatic carbocycles. The highest BCUT2D eigenvalue weighted by atomic mass is 16.5. The number of nitrogens with one attached hydrogen (secondary N) is 1. The zero-order chi connectivity index (χ0) is 14.5. The SMILES string of the molecule is CNC1CCCC1CCOc1ccc(C(C)C)c(C)c1. The van der Waals surface area contributed by atoms with E-state index in [1.54, 1.807) is 0 Å². The summed E-state index contributed by atoms with van der Waals surface area (Å²) in [4.78, 5) is 0. The second-order valence-electron chi connectivity index (χ2n) is 6.40. The van der Waals surface area contributed by atoms with Gasteiger partial charge in [0.2, 0.25) is 0 Å². The van der Waals surface area contributed by atoms with E-state index in [2.05, 4.69) is 51.3 Å². The average Bonchev–Trinajstić information content (AvgIpc) is 2.86. The van der Waals surface area contributed by atoms with Gasteiger partial charge in [0, 0.05) is 6.04 Å². The van der Waals surface area contributed by atoms with Crippen LogP contribution in [0.3, 0.4) is 0 Å². The molecule has 1 fully saturated rings. The van der Waals surface area contributed by atoms with Gasteiger partial charge in [0.05, 0.1) is 6.61 Å². The molecule has 2 rings (SSSR count). The van der Waals surface area contributed by atoms with E-state index in [1.807, 2.05) is 0 Å². The van der Waals surface area contributed by atoms with Gasteiger partial charge in [-0.25, -0.2) is 0 Å². The van der Waals surface area contributed by atoms with Gasteiger partial charge < -0.3 is 10.1 Å². The van der Waals surface area contributed by atoms with Gasteiger partial charge in [-0.2, -0.15) is 0 Å². The Morgan fingerprint density at radius 2 is 2.10 bits per heavy atom. The Hall–Kier alpha value is -1.02. The van der Waals surface area contributed by atoms with Crippen LogP contribution < -0.4 is 10.1 Å². The van der Waals surface area contributed by atoms with Gasteiger partial charge in [-0.3, -0.25) is 0 Å². The highest BCUT2D eigenvalue weighted by molar-refractivity contribution is 5.36. The van der Waals surface area contributed by atoms with E-state index >= 15 is 0 Å². The van der Waals surface area contributed by atoms with Crippen LogP contribution in [-0.2, 0) is 0 Å². The van der Waals surface area contributed by atoms with E-state index in [0.29, 0.717) is 12.0 Å². The number of hydrogen-bond donors (Lipinski definition) is 1. The zero-order valence-electron chi connectivity index (χ0n) is 13.4. The van der Waals surface area contributed by atoms with E-state index in [9.17, 15) is 0 Å². The molecule has 0 bridgehead atoms. The molecule has 1 N–H and O–H groups in total. The topological polar surface area (TPSA) is 21.3 Å². The van der Waals surface area contributed by atoms with Crippen LogP contribution in [0.5, 0.6) is 5.75 Å². The molecule has 0 radical (unpaired) electrons. The fourth-order valence-electron chi connectivity index (χ4n) is 3.48. The Balaban J connectivity index is 1.84. The molecule has 1 aliphatic rings. The quantitative estimate of drug-likeness (QED) is 0.837. The third-order valence-corrected chi connectivity index (χ3v) is 4.65. The third kappa shape index (κ3) is 3.76. The van der Waals surface area contributed by atoms with Crippen LogP contribution in [0.25, 0.3) is 0 Å². The van der Waals surface area contributed by atoms with E-state index in [-0.39, 0.29) is 0 Å². The monoisotopic (exact) mass is 275 g/mol. The van der Waals surface area contributed by atoms with Crippen molar-refractivity contribution in [2.45, 2.75) is 58.4 Å². The first kappa shape index (κ1) is 15.4. The maximum atomic E-state index is 5.95. The molecule has 2 heteroatoms. The largest absolute Gasteiger partial charge is 0.494 e. The molecule has 1 saturated carbocycles. The van der Waals surface area contributed by atoms with Crippen molar-refractivity contribution >= 4 is 0 Å². The van der Waals surface area contributed by atoms with Crippen molar-refractivity contribution < 1.29 is 4.74 Å². The molecule has 0 aromatic heterocycles. The Morgan fingerprint density at radius 1 is 1.30 bits per heavy atom. The second-order valence-corrected chi connectivity index (χ2v) is 6.40.